The van der Waals surface area contributed by atoms with Crippen molar-refractivity contribution in [2.24, 2.45) is 12.5 Å². The Morgan fingerprint density at radius 3 is 2.48 bits per heavy atom. The van der Waals surface area contributed by atoms with Gasteiger partial charge < -0.3 is 10.1 Å². The van der Waals surface area contributed by atoms with Crippen LogP contribution in [-0.4, -0.2) is 27.9 Å². The summed E-state index contributed by atoms with van der Waals surface area (Å²) in [6.07, 6.45) is 2.61. The van der Waals surface area contributed by atoms with Crippen LogP contribution in [0.2, 0.25) is 0 Å². The Labute approximate surface area is 128 Å². The minimum Gasteiger partial charge on any atom is -0.462 e. The summed E-state index contributed by atoms with van der Waals surface area (Å²) in [5.74, 6) is -0.309. The molecule has 0 aliphatic carbocycles. The molecule has 0 bridgehead atoms. The van der Waals surface area contributed by atoms with Gasteiger partial charge in [0.05, 0.1) is 18.5 Å². The third-order valence-corrected chi connectivity index (χ3v) is 3.26. The Balaban J connectivity index is 2.80. The lowest BCUT2D eigenvalue weighted by molar-refractivity contribution is 0.0524. The summed E-state index contributed by atoms with van der Waals surface area (Å²) >= 11 is 0. The van der Waals surface area contributed by atoms with Crippen molar-refractivity contribution in [3.8, 4) is 0 Å². The summed E-state index contributed by atoms with van der Waals surface area (Å²) in [6.45, 7) is 13.8. The van der Waals surface area contributed by atoms with E-state index in [1.165, 1.54) is 0 Å². The van der Waals surface area contributed by atoms with Crippen LogP contribution in [0.25, 0.3) is 0 Å². The summed E-state index contributed by atoms with van der Waals surface area (Å²) in [6, 6.07) is 0. The molecule has 1 rings (SSSR count). The van der Waals surface area contributed by atoms with E-state index in [-0.39, 0.29) is 16.9 Å². The standard InChI is InChI=1S/C16H29N3O2/c1-8-21-14(20)12-9-18-19(7)13(12)10-17-16(5,6)11-15(2,3)4/h9,17H,8,10-11H2,1-7H3. The second kappa shape index (κ2) is 6.60. The van der Waals surface area contributed by atoms with Crippen LogP contribution in [-0.2, 0) is 18.3 Å². The molecule has 1 aromatic heterocycles. The molecule has 5 nitrogen and oxygen atoms in total. The monoisotopic (exact) mass is 295 g/mol. The molecule has 0 spiro atoms. The highest BCUT2D eigenvalue weighted by Gasteiger charge is 2.26. The predicted octanol–water partition coefficient (Wildman–Crippen LogP) is 2.90. The Bertz CT molecular complexity index is 484. The van der Waals surface area contributed by atoms with Crippen LogP contribution in [0.15, 0.2) is 6.20 Å². The molecule has 0 atom stereocenters. The van der Waals surface area contributed by atoms with Crippen molar-refractivity contribution >= 4 is 5.97 Å². The lowest BCUT2D eigenvalue weighted by Gasteiger charge is -2.33. The third-order valence-electron chi connectivity index (χ3n) is 3.26. The van der Waals surface area contributed by atoms with Gasteiger partial charge in [-0.3, -0.25) is 4.68 Å². The van der Waals surface area contributed by atoms with Crippen molar-refractivity contribution in [3.05, 3.63) is 17.5 Å². The van der Waals surface area contributed by atoms with E-state index < -0.39 is 0 Å². The molecule has 0 aliphatic heterocycles. The molecular formula is C16H29N3O2. The van der Waals surface area contributed by atoms with Crippen LogP contribution in [0, 0.1) is 5.41 Å². The maximum Gasteiger partial charge on any atom is 0.341 e. The molecule has 0 saturated carbocycles. The summed E-state index contributed by atoms with van der Waals surface area (Å²) in [5.41, 5.74) is 1.62. The number of rotatable bonds is 6. The molecule has 5 heteroatoms. The smallest absolute Gasteiger partial charge is 0.341 e. The zero-order valence-corrected chi connectivity index (χ0v) is 14.4. The van der Waals surface area contributed by atoms with E-state index in [0.29, 0.717) is 18.7 Å². The van der Waals surface area contributed by atoms with E-state index in [1.807, 2.05) is 7.05 Å². The summed E-state index contributed by atoms with van der Waals surface area (Å²) in [5, 5.41) is 7.70. The van der Waals surface area contributed by atoms with Crippen LogP contribution in [0.1, 0.15) is 64.0 Å². The number of esters is 1. The number of carbonyl (C=O) groups is 1. The topological polar surface area (TPSA) is 56.1 Å². The number of ether oxygens (including phenoxy) is 1. The zero-order valence-electron chi connectivity index (χ0n) is 14.4. The van der Waals surface area contributed by atoms with Gasteiger partial charge in [0.1, 0.15) is 5.56 Å². The number of aryl methyl sites for hydroxylation is 1. The minimum absolute atomic E-state index is 0.0194. The molecule has 120 valence electrons. The molecule has 0 unspecified atom stereocenters. The molecule has 0 saturated heterocycles. The number of hydrogen-bond donors (Lipinski definition) is 1. The van der Waals surface area contributed by atoms with Gasteiger partial charge in [-0.2, -0.15) is 5.10 Å². The fourth-order valence-electron chi connectivity index (χ4n) is 2.76. The van der Waals surface area contributed by atoms with Crippen molar-refractivity contribution < 1.29 is 9.53 Å². The number of carbonyl (C=O) groups excluding carboxylic acids is 1. The number of nitrogens with one attached hydrogen (secondary N) is 1. The lowest BCUT2D eigenvalue weighted by atomic mass is 9.82. The summed E-state index contributed by atoms with van der Waals surface area (Å²) in [7, 11) is 1.84. The maximum absolute atomic E-state index is 11.9. The molecule has 0 radical (unpaired) electrons. The van der Waals surface area contributed by atoms with E-state index in [4.69, 9.17) is 4.74 Å². The number of hydrogen-bond acceptors (Lipinski definition) is 4. The molecule has 0 fully saturated rings. The van der Waals surface area contributed by atoms with E-state index in [2.05, 4.69) is 45.0 Å². The Morgan fingerprint density at radius 1 is 1.33 bits per heavy atom. The second-order valence-electron chi connectivity index (χ2n) is 7.32. The Hall–Kier alpha value is -1.36. The van der Waals surface area contributed by atoms with Crippen molar-refractivity contribution in [1.82, 2.24) is 15.1 Å². The Morgan fingerprint density at radius 2 is 1.95 bits per heavy atom. The largest absolute Gasteiger partial charge is 0.462 e. The first-order chi connectivity index (χ1) is 9.56. The Kier molecular flexibility index (Phi) is 5.56. The average Bonchev–Trinajstić information content (AvgIpc) is 2.65. The van der Waals surface area contributed by atoms with Gasteiger partial charge in [0.25, 0.3) is 0 Å². The normalized spacial score (nSPS) is 12.5. The highest BCUT2D eigenvalue weighted by molar-refractivity contribution is 5.90. The molecule has 21 heavy (non-hydrogen) atoms. The van der Waals surface area contributed by atoms with Gasteiger partial charge >= 0.3 is 5.97 Å². The number of aromatic nitrogens is 2. The SMILES string of the molecule is CCOC(=O)c1cnn(C)c1CNC(C)(C)CC(C)(C)C. The molecule has 0 amide bonds. The van der Waals surface area contributed by atoms with Gasteiger partial charge in [-0.15, -0.1) is 0 Å². The summed E-state index contributed by atoms with van der Waals surface area (Å²) < 4.78 is 6.80. The van der Waals surface area contributed by atoms with Crippen molar-refractivity contribution in [2.45, 2.75) is 60.0 Å². The molecule has 1 N–H and O–H groups in total. The molecule has 1 aromatic rings. The highest BCUT2D eigenvalue weighted by atomic mass is 16.5. The molecule has 0 aromatic carbocycles. The van der Waals surface area contributed by atoms with Crippen molar-refractivity contribution in [2.75, 3.05) is 6.61 Å². The maximum atomic E-state index is 11.9. The number of nitrogens with zero attached hydrogens (tertiary/aromatic N) is 2. The van der Waals surface area contributed by atoms with Crippen LogP contribution >= 0.6 is 0 Å². The van der Waals surface area contributed by atoms with Crippen LogP contribution in [0.4, 0.5) is 0 Å². The first kappa shape index (κ1) is 17.7. The average molecular weight is 295 g/mol. The third kappa shape index (κ3) is 5.50. The fourth-order valence-corrected chi connectivity index (χ4v) is 2.76. The van der Waals surface area contributed by atoms with Gasteiger partial charge in [0.15, 0.2) is 0 Å². The van der Waals surface area contributed by atoms with Crippen LogP contribution < -0.4 is 5.32 Å². The van der Waals surface area contributed by atoms with Crippen molar-refractivity contribution in [1.29, 1.82) is 0 Å². The van der Waals surface area contributed by atoms with Gasteiger partial charge in [-0.25, -0.2) is 4.79 Å². The van der Waals surface area contributed by atoms with Gasteiger partial charge in [0.2, 0.25) is 0 Å². The van der Waals surface area contributed by atoms with E-state index >= 15 is 0 Å². The first-order valence-corrected chi connectivity index (χ1v) is 7.49. The van der Waals surface area contributed by atoms with E-state index in [1.54, 1.807) is 17.8 Å². The van der Waals surface area contributed by atoms with E-state index in [0.717, 1.165) is 12.1 Å². The summed E-state index contributed by atoms with van der Waals surface area (Å²) in [4.78, 5) is 11.9. The quantitative estimate of drug-likeness (QED) is 0.820. The molecule has 1 heterocycles. The lowest BCUT2D eigenvalue weighted by Crippen LogP contribution is -2.42. The van der Waals surface area contributed by atoms with E-state index in [9.17, 15) is 4.79 Å². The predicted molar refractivity (Wildman–Crippen MR) is 84.2 cm³/mol. The zero-order chi connectivity index (χ0) is 16.3. The highest BCUT2D eigenvalue weighted by Crippen LogP contribution is 2.27. The minimum atomic E-state index is -0.309. The molecular weight excluding hydrogens is 266 g/mol. The second-order valence-corrected chi connectivity index (χ2v) is 7.32. The van der Waals surface area contributed by atoms with Gasteiger partial charge in [-0.05, 0) is 32.6 Å². The van der Waals surface area contributed by atoms with Gasteiger partial charge in [-0.1, -0.05) is 20.8 Å². The van der Waals surface area contributed by atoms with Crippen molar-refractivity contribution in [3.63, 3.8) is 0 Å². The van der Waals surface area contributed by atoms with Gasteiger partial charge in [0, 0.05) is 19.1 Å². The fraction of sp³-hybridized carbons (Fsp3) is 0.750. The van der Waals surface area contributed by atoms with Crippen LogP contribution in [0.5, 0.6) is 0 Å². The molecule has 0 aliphatic rings. The first-order valence-electron chi connectivity index (χ1n) is 7.49. The van der Waals surface area contributed by atoms with Crippen LogP contribution in [0.3, 0.4) is 0 Å².